The molecule has 3 N–H and O–H groups in total. The Kier molecular flexibility index (Phi) is 3.74. The lowest BCUT2D eigenvalue weighted by atomic mass is 9.98. The lowest BCUT2D eigenvalue weighted by molar-refractivity contribution is 0.439. The van der Waals surface area contributed by atoms with Crippen molar-refractivity contribution in [1.29, 1.82) is 0 Å². The molecular formula is C13H19BrN2. The molecule has 0 heterocycles. The van der Waals surface area contributed by atoms with Gasteiger partial charge in [-0.25, -0.2) is 0 Å². The Bertz CT molecular complexity index is 365. The van der Waals surface area contributed by atoms with Crippen molar-refractivity contribution in [3.63, 3.8) is 0 Å². The highest BCUT2D eigenvalue weighted by Gasteiger charge is 2.22. The molecule has 1 aromatic rings. The van der Waals surface area contributed by atoms with Crippen molar-refractivity contribution in [2.24, 2.45) is 11.8 Å². The van der Waals surface area contributed by atoms with Crippen molar-refractivity contribution in [2.75, 3.05) is 17.6 Å². The van der Waals surface area contributed by atoms with E-state index in [1.807, 2.05) is 18.2 Å². The van der Waals surface area contributed by atoms with Crippen molar-refractivity contribution < 1.29 is 0 Å². The maximum Gasteiger partial charge on any atom is 0.0486 e. The van der Waals surface area contributed by atoms with Gasteiger partial charge in [0.25, 0.3) is 0 Å². The van der Waals surface area contributed by atoms with E-state index in [0.717, 1.165) is 34.2 Å². The van der Waals surface area contributed by atoms with Crippen molar-refractivity contribution in [3.8, 4) is 0 Å². The van der Waals surface area contributed by atoms with Gasteiger partial charge in [0.05, 0.1) is 0 Å². The number of nitrogens with one attached hydrogen (secondary N) is 1. The average molecular weight is 283 g/mol. The van der Waals surface area contributed by atoms with Crippen LogP contribution in [0.25, 0.3) is 0 Å². The fraction of sp³-hybridized carbons (Fsp3) is 0.538. The summed E-state index contributed by atoms with van der Waals surface area (Å²) in [5.41, 5.74) is 7.65. The zero-order valence-corrected chi connectivity index (χ0v) is 11.3. The normalized spacial score (nSPS) is 24.6. The molecular weight excluding hydrogens is 264 g/mol. The summed E-state index contributed by atoms with van der Waals surface area (Å²) in [7, 11) is 0. The van der Waals surface area contributed by atoms with Crippen LogP contribution in [0.2, 0.25) is 0 Å². The van der Waals surface area contributed by atoms with Gasteiger partial charge in [0.1, 0.15) is 0 Å². The van der Waals surface area contributed by atoms with E-state index < -0.39 is 0 Å². The number of rotatable bonds is 3. The van der Waals surface area contributed by atoms with Gasteiger partial charge >= 0.3 is 0 Å². The number of anilines is 2. The van der Waals surface area contributed by atoms with Crippen LogP contribution in [0.5, 0.6) is 0 Å². The van der Waals surface area contributed by atoms with E-state index in [1.165, 1.54) is 19.3 Å². The molecule has 0 saturated heterocycles. The molecule has 3 heteroatoms. The molecule has 2 nitrogen and oxygen atoms in total. The Labute approximate surface area is 106 Å². The molecule has 1 fully saturated rings. The lowest BCUT2D eigenvalue weighted by Gasteiger charge is -2.17. The number of nitrogens with two attached hydrogens (primary N) is 1. The number of hydrogen-bond acceptors (Lipinski definition) is 2. The fourth-order valence-electron chi connectivity index (χ4n) is 2.44. The van der Waals surface area contributed by atoms with Gasteiger partial charge in [0, 0.05) is 22.4 Å². The van der Waals surface area contributed by atoms with Gasteiger partial charge in [0.15, 0.2) is 0 Å². The first-order valence-corrected chi connectivity index (χ1v) is 6.75. The monoisotopic (exact) mass is 282 g/mol. The summed E-state index contributed by atoms with van der Waals surface area (Å²) >= 11 is 3.53. The minimum Gasteiger partial charge on any atom is -0.399 e. The second-order valence-corrected chi connectivity index (χ2v) is 5.64. The molecule has 88 valence electrons. The number of benzene rings is 1. The molecule has 16 heavy (non-hydrogen) atoms. The van der Waals surface area contributed by atoms with E-state index in [9.17, 15) is 0 Å². The van der Waals surface area contributed by atoms with Gasteiger partial charge < -0.3 is 11.1 Å². The Morgan fingerprint density at radius 1 is 1.44 bits per heavy atom. The van der Waals surface area contributed by atoms with Gasteiger partial charge in [-0.15, -0.1) is 0 Å². The number of hydrogen-bond donors (Lipinski definition) is 2. The topological polar surface area (TPSA) is 38.0 Å². The first-order valence-electron chi connectivity index (χ1n) is 5.95. The third-order valence-corrected chi connectivity index (χ3v) is 4.24. The standard InChI is InChI=1S/C13H19BrN2/c1-9-3-2-4-10(9)8-16-13-6-5-11(15)7-12(13)14/h5-7,9-10,16H,2-4,8,15H2,1H3. The Morgan fingerprint density at radius 3 is 2.88 bits per heavy atom. The van der Waals surface area contributed by atoms with Gasteiger partial charge in [-0.2, -0.15) is 0 Å². The maximum absolute atomic E-state index is 5.71. The molecule has 0 radical (unpaired) electrons. The molecule has 1 aliphatic rings. The molecule has 0 aliphatic heterocycles. The fourth-order valence-corrected chi connectivity index (χ4v) is 2.98. The minimum absolute atomic E-state index is 0.798. The van der Waals surface area contributed by atoms with Crippen LogP contribution >= 0.6 is 15.9 Å². The van der Waals surface area contributed by atoms with Gasteiger partial charge in [0.2, 0.25) is 0 Å². The highest BCUT2D eigenvalue weighted by Crippen LogP contribution is 2.32. The predicted molar refractivity (Wildman–Crippen MR) is 73.5 cm³/mol. The molecule has 2 rings (SSSR count). The molecule has 2 unspecified atom stereocenters. The van der Waals surface area contributed by atoms with Crippen LogP contribution in [-0.4, -0.2) is 6.54 Å². The number of nitrogen functional groups attached to an aromatic ring is 1. The third-order valence-electron chi connectivity index (χ3n) is 3.59. The number of halogens is 1. The summed E-state index contributed by atoms with van der Waals surface area (Å²) in [6.07, 6.45) is 4.13. The maximum atomic E-state index is 5.71. The van der Waals surface area contributed by atoms with Gasteiger partial charge in [-0.05, 0) is 52.4 Å². The second-order valence-electron chi connectivity index (χ2n) is 4.79. The zero-order valence-electron chi connectivity index (χ0n) is 9.67. The van der Waals surface area contributed by atoms with Crippen molar-refractivity contribution in [1.82, 2.24) is 0 Å². The first-order chi connectivity index (χ1) is 7.66. The molecule has 1 aliphatic carbocycles. The van der Waals surface area contributed by atoms with Crippen molar-refractivity contribution in [2.45, 2.75) is 26.2 Å². The molecule has 0 aromatic heterocycles. The van der Waals surface area contributed by atoms with E-state index in [0.29, 0.717) is 0 Å². The van der Waals surface area contributed by atoms with Crippen molar-refractivity contribution >= 4 is 27.3 Å². The van der Waals surface area contributed by atoms with E-state index in [4.69, 9.17) is 5.73 Å². The van der Waals surface area contributed by atoms with Crippen LogP contribution < -0.4 is 11.1 Å². The molecule has 0 bridgehead atoms. The lowest BCUT2D eigenvalue weighted by Crippen LogP contribution is -2.16. The summed E-state index contributed by atoms with van der Waals surface area (Å²) < 4.78 is 1.05. The summed E-state index contributed by atoms with van der Waals surface area (Å²) in [5.74, 6) is 1.68. The predicted octanol–water partition coefficient (Wildman–Crippen LogP) is 3.88. The van der Waals surface area contributed by atoms with Crippen LogP contribution in [0.1, 0.15) is 26.2 Å². The quantitative estimate of drug-likeness (QED) is 0.826. The molecule has 1 saturated carbocycles. The third kappa shape index (κ3) is 2.70. The van der Waals surface area contributed by atoms with Crippen LogP contribution in [0.4, 0.5) is 11.4 Å². The largest absolute Gasteiger partial charge is 0.399 e. The van der Waals surface area contributed by atoms with E-state index in [1.54, 1.807) is 0 Å². The summed E-state index contributed by atoms with van der Waals surface area (Å²) in [5, 5.41) is 3.51. The molecule has 1 aromatic carbocycles. The minimum atomic E-state index is 0.798. The van der Waals surface area contributed by atoms with Crippen LogP contribution in [0, 0.1) is 11.8 Å². The molecule has 0 spiro atoms. The average Bonchev–Trinajstić information content (AvgIpc) is 2.63. The van der Waals surface area contributed by atoms with E-state index in [-0.39, 0.29) is 0 Å². The smallest absolute Gasteiger partial charge is 0.0486 e. The summed E-state index contributed by atoms with van der Waals surface area (Å²) in [6, 6.07) is 5.92. The Hall–Kier alpha value is -0.700. The highest BCUT2D eigenvalue weighted by molar-refractivity contribution is 9.10. The summed E-state index contributed by atoms with van der Waals surface area (Å²) in [6.45, 7) is 3.43. The summed E-state index contributed by atoms with van der Waals surface area (Å²) in [4.78, 5) is 0. The SMILES string of the molecule is CC1CCCC1CNc1ccc(N)cc1Br. The van der Waals surface area contributed by atoms with E-state index in [2.05, 4.69) is 28.2 Å². The van der Waals surface area contributed by atoms with Crippen LogP contribution in [-0.2, 0) is 0 Å². The first kappa shape index (κ1) is 11.8. The van der Waals surface area contributed by atoms with Crippen molar-refractivity contribution in [3.05, 3.63) is 22.7 Å². The highest BCUT2D eigenvalue weighted by atomic mass is 79.9. The second kappa shape index (κ2) is 5.09. The van der Waals surface area contributed by atoms with E-state index >= 15 is 0 Å². The van der Waals surface area contributed by atoms with Gasteiger partial charge in [-0.3, -0.25) is 0 Å². The van der Waals surface area contributed by atoms with Crippen LogP contribution in [0.3, 0.4) is 0 Å². The Balaban J connectivity index is 1.94. The zero-order chi connectivity index (χ0) is 11.5. The Morgan fingerprint density at radius 2 is 2.25 bits per heavy atom. The molecule has 2 atom stereocenters. The van der Waals surface area contributed by atoms with Gasteiger partial charge in [-0.1, -0.05) is 19.8 Å². The molecule has 0 amide bonds. The van der Waals surface area contributed by atoms with Crippen LogP contribution in [0.15, 0.2) is 22.7 Å².